The number of sulfonamides is 1. The normalized spacial score (nSPS) is 19.7. The highest BCUT2D eigenvalue weighted by molar-refractivity contribution is 7.89. The molecule has 3 rings (SSSR count). The maximum absolute atomic E-state index is 13.3. The number of hydrogen-bond acceptors (Lipinski definition) is 4. The van der Waals surface area contributed by atoms with Crippen molar-refractivity contribution in [2.24, 2.45) is 0 Å². The van der Waals surface area contributed by atoms with Gasteiger partial charge in [0.1, 0.15) is 5.82 Å². The lowest BCUT2D eigenvalue weighted by atomic mass is 10.2. The predicted octanol–water partition coefficient (Wildman–Crippen LogP) is 2.12. The molecule has 0 saturated carbocycles. The second-order valence-corrected chi connectivity index (χ2v) is 7.47. The number of benzene rings is 1. The number of hydrogen-bond donors (Lipinski definition) is 0. The summed E-state index contributed by atoms with van der Waals surface area (Å²) < 4.78 is 40.1. The zero-order valence-electron chi connectivity index (χ0n) is 12.8. The Morgan fingerprint density at radius 2 is 1.83 bits per heavy atom. The van der Waals surface area contributed by atoms with E-state index >= 15 is 0 Å². The lowest BCUT2D eigenvalue weighted by Gasteiger charge is -2.39. The fraction of sp³-hybridized carbons (Fsp3) is 0.312. The van der Waals surface area contributed by atoms with E-state index in [1.54, 1.807) is 42.5 Å². The lowest BCUT2D eigenvalue weighted by Crippen LogP contribution is -2.53. The third kappa shape index (κ3) is 3.20. The summed E-state index contributed by atoms with van der Waals surface area (Å²) >= 11 is 0. The molecule has 1 unspecified atom stereocenters. The van der Waals surface area contributed by atoms with Crippen molar-refractivity contribution in [1.29, 1.82) is 0 Å². The fourth-order valence-corrected chi connectivity index (χ4v) is 4.32. The minimum absolute atomic E-state index is 0.0865. The van der Waals surface area contributed by atoms with Gasteiger partial charge in [0.15, 0.2) is 0 Å². The Bertz CT molecular complexity index is 783. The van der Waals surface area contributed by atoms with Gasteiger partial charge in [0.2, 0.25) is 16.0 Å². The molecule has 1 saturated heterocycles. The van der Waals surface area contributed by atoms with E-state index in [0.717, 1.165) is 0 Å². The van der Waals surface area contributed by atoms with Crippen LogP contribution in [-0.2, 0) is 10.0 Å². The van der Waals surface area contributed by atoms with Crippen LogP contribution in [0, 0.1) is 5.95 Å². The van der Waals surface area contributed by atoms with E-state index in [9.17, 15) is 12.8 Å². The van der Waals surface area contributed by atoms with Crippen LogP contribution in [-0.4, -0.2) is 43.4 Å². The van der Waals surface area contributed by atoms with Gasteiger partial charge in [-0.2, -0.15) is 8.70 Å². The van der Waals surface area contributed by atoms with Crippen LogP contribution in [0.2, 0.25) is 0 Å². The minimum atomic E-state index is -3.50. The van der Waals surface area contributed by atoms with Gasteiger partial charge in [-0.1, -0.05) is 24.3 Å². The van der Waals surface area contributed by atoms with Gasteiger partial charge in [0, 0.05) is 25.7 Å². The van der Waals surface area contributed by atoms with Gasteiger partial charge in [0.05, 0.1) is 4.90 Å². The van der Waals surface area contributed by atoms with Gasteiger partial charge in [0.25, 0.3) is 0 Å². The van der Waals surface area contributed by atoms with Gasteiger partial charge >= 0.3 is 0 Å². The third-order valence-corrected chi connectivity index (χ3v) is 5.85. The Balaban J connectivity index is 1.79. The van der Waals surface area contributed by atoms with Crippen molar-refractivity contribution >= 4 is 15.8 Å². The van der Waals surface area contributed by atoms with Crippen molar-refractivity contribution in [3.63, 3.8) is 0 Å². The molecule has 1 aromatic carbocycles. The van der Waals surface area contributed by atoms with Crippen molar-refractivity contribution < 1.29 is 12.8 Å². The maximum atomic E-state index is 13.3. The first-order chi connectivity index (χ1) is 11.0. The summed E-state index contributed by atoms with van der Waals surface area (Å²) in [5.74, 6) is 0.00305. The van der Waals surface area contributed by atoms with Crippen LogP contribution in [0.15, 0.2) is 53.4 Å². The number of halogens is 1. The Kier molecular flexibility index (Phi) is 4.32. The van der Waals surface area contributed by atoms with Gasteiger partial charge in [-0.05, 0) is 31.2 Å². The molecule has 0 amide bonds. The highest BCUT2D eigenvalue weighted by atomic mass is 32.2. The average Bonchev–Trinajstić information content (AvgIpc) is 2.55. The van der Waals surface area contributed by atoms with Crippen LogP contribution in [0.25, 0.3) is 0 Å². The predicted molar refractivity (Wildman–Crippen MR) is 86.2 cm³/mol. The number of rotatable bonds is 3. The molecule has 2 heterocycles. The van der Waals surface area contributed by atoms with Crippen molar-refractivity contribution in [3.8, 4) is 0 Å². The first kappa shape index (κ1) is 15.9. The van der Waals surface area contributed by atoms with Gasteiger partial charge < -0.3 is 4.90 Å². The maximum Gasteiger partial charge on any atom is 0.243 e. The van der Waals surface area contributed by atoms with Crippen LogP contribution in [0.3, 0.4) is 0 Å². The summed E-state index contributed by atoms with van der Waals surface area (Å²) in [6, 6.07) is 13.0. The molecule has 0 spiro atoms. The smallest absolute Gasteiger partial charge is 0.243 e. The largest absolute Gasteiger partial charge is 0.351 e. The highest BCUT2D eigenvalue weighted by Crippen LogP contribution is 2.23. The Labute approximate surface area is 135 Å². The number of aromatic nitrogens is 1. The van der Waals surface area contributed by atoms with E-state index in [1.165, 1.54) is 10.4 Å². The van der Waals surface area contributed by atoms with Crippen molar-refractivity contribution in [2.45, 2.75) is 17.9 Å². The Hall–Kier alpha value is -1.99. The summed E-state index contributed by atoms with van der Waals surface area (Å²) in [6.45, 7) is 3.08. The molecule has 0 N–H and O–H groups in total. The zero-order chi connectivity index (χ0) is 16.4. The minimum Gasteiger partial charge on any atom is -0.351 e. The van der Waals surface area contributed by atoms with E-state index in [4.69, 9.17) is 0 Å². The summed E-state index contributed by atoms with van der Waals surface area (Å²) in [5, 5.41) is 0. The second kappa shape index (κ2) is 6.25. The average molecular weight is 335 g/mol. The zero-order valence-corrected chi connectivity index (χ0v) is 13.6. The highest BCUT2D eigenvalue weighted by Gasteiger charge is 2.32. The summed E-state index contributed by atoms with van der Waals surface area (Å²) in [4.78, 5) is 6.11. The lowest BCUT2D eigenvalue weighted by molar-refractivity contribution is 0.340. The molecule has 0 bridgehead atoms. The van der Waals surface area contributed by atoms with Crippen LogP contribution < -0.4 is 4.90 Å². The van der Waals surface area contributed by atoms with Crippen molar-refractivity contribution in [1.82, 2.24) is 9.29 Å². The molecular weight excluding hydrogens is 317 g/mol. The quantitative estimate of drug-likeness (QED) is 0.806. The van der Waals surface area contributed by atoms with E-state index in [-0.39, 0.29) is 6.04 Å². The van der Waals surface area contributed by atoms with Gasteiger partial charge in [-0.25, -0.2) is 13.4 Å². The second-order valence-electron chi connectivity index (χ2n) is 5.54. The van der Waals surface area contributed by atoms with E-state index in [0.29, 0.717) is 30.3 Å². The molecule has 23 heavy (non-hydrogen) atoms. The third-order valence-electron chi connectivity index (χ3n) is 3.97. The first-order valence-electron chi connectivity index (χ1n) is 7.43. The van der Waals surface area contributed by atoms with Crippen molar-refractivity contribution in [3.05, 3.63) is 54.5 Å². The monoisotopic (exact) mass is 335 g/mol. The summed E-state index contributed by atoms with van der Waals surface area (Å²) in [6.07, 6.45) is 0. The standard InChI is InChI=1S/C16H18FN3O2S/c1-13-12-19(23(21,22)14-6-3-2-4-7-14)10-11-20(13)16-9-5-8-15(17)18-16/h2-9,13H,10-12H2,1H3. The molecule has 1 aromatic heterocycles. The molecule has 1 atom stereocenters. The first-order valence-corrected chi connectivity index (χ1v) is 8.87. The molecule has 2 aromatic rings. The van der Waals surface area contributed by atoms with E-state index in [2.05, 4.69) is 4.98 Å². The molecule has 5 nitrogen and oxygen atoms in total. The number of anilines is 1. The number of piperazine rings is 1. The molecule has 1 fully saturated rings. The molecule has 7 heteroatoms. The van der Waals surface area contributed by atoms with Crippen LogP contribution in [0.5, 0.6) is 0 Å². The molecule has 0 radical (unpaired) electrons. The van der Waals surface area contributed by atoms with E-state index in [1.807, 2.05) is 11.8 Å². The SMILES string of the molecule is CC1CN(S(=O)(=O)c2ccccc2)CCN1c1cccc(F)n1. The van der Waals surface area contributed by atoms with Crippen molar-refractivity contribution in [2.75, 3.05) is 24.5 Å². The Morgan fingerprint density at radius 1 is 1.09 bits per heavy atom. The van der Waals surface area contributed by atoms with Crippen LogP contribution >= 0.6 is 0 Å². The van der Waals surface area contributed by atoms with E-state index < -0.39 is 16.0 Å². The number of nitrogens with zero attached hydrogens (tertiary/aromatic N) is 3. The van der Waals surface area contributed by atoms with Crippen LogP contribution in [0.4, 0.5) is 10.2 Å². The fourth-order valence-electron chi connectivity index (χ4n) is 2.78. The summed E-state index contributed by atoms with van der Waals surface area (Å²) in [7, 11) is -3.50. The number of pyridine rings is 1. The Morgan fingerprint density at radius 3 is 2.48 bits per heavy atom. The van der Waals surface area contributed by atoms with Gasteiger partial charge in [-0.15, -0.1) is 0 Å². The summed E-state index contributed by atoms with van der Waals surface area (Å²) in [5.41, 5.74) is 0. The van der Waals surface area contributed by atoms with Crippen LogP contribution in [0.1, 0.15) is 6.92 Å². The van der Waals surface area contributed by atoms with Gasteiger partial charge in [-0.3, -0.25) is 0 Å². The molecule has 122 valence electrons. The molecule has 1 aliphatic heterocycles. The topological polar surface area (TPSA) is 53.5 Å². The molecule has 1 aliphatic rings. The molecular formula is C16H18FN3O2S. The molecule has 0 aliphatic carbocycles.